The highest BCUT2D eigenvalue weighted by molar-refractivity contribution is 5.97. The molecule has 0 aliphatic carbocycles. The number of carboxylic acid groups (broad SMARTS) is 1. The van der Waals surface area contributed by atoms with Crippen LogP contribution in [-0.4, -0.2) is 30.1 Å². The summed E-state index contributed by atoms with van der Waals surface area (Å²) in [6, 6.07) is 5.78. The molecule has 1 aliphatic heterocycles. The van der Waals surface area contributed by atoms with Crippen LogP contribution in [0.15, 0.2) is 18.2 Å². The maximum absolute atomic E-state index is 11.6. The SMILES string of the molecule is CC(C)c1ccc2c(c1)N(CC(=O)O)CCC(=O)N2. The van der Waals surface area contributed by atoms with Gasteiger partial charge >= 0.3 is 5.97 Å². The zero-order chi connectivity index (χ0) is 14.0. The third-order valence-electron chi connectivity index (χ3n) is 3.24. The molecular weight excluding hydrogens is 244 g/mol. The van der Waals surface area contributed by atoms with Gasteiger partial charge in [0, 0.05) is 13.0 Å². The Balaban J connectivity index is 2.42. The molecule has 5 nitrogen and oxygen atoms in total. The highest BCUT2D eigenvalue weighted by Gasteiger charge is 2.21. The molecule has 1 amide bonds. The number of carboxylic acids is 1. The second-order valence-electron chi connectivity index (χ2n) is 5.04. The minimum atomic E-state index is -0.893. The zero-order valence-corrected chi connectivity index (χ0v) is 11.1. The molecule has 0 bridgehead atoms. The van der Waals surface area contributed by atoms with Gasteiger partial charge in [0.1, 0.15) is 6.54 Å². The van der Waals surface area contributed by atoms with Crippen molar-refractivity contribution in [3.63, 3.8) is 0 Å². The molecule has 5 heteroatoms. The molecule has 0 saturated heterocycles. The lowest BCUT2D eigenvalue weighted by Crippen LogP contribution is -2.30. The topological polar surface area (TPSA) is 69.6 Å². The minimum absolute atomic E-state index is 0.0774. The van der Waals surface area contributed by atoms with Crippen molar-refractivity contribution in [1.82, 2.24) is 0 Å². The number of anilines is 2. The van der Waals surface area contributed by atoms with Crippen LogP contribution in [0.3, 0.4) is 0 Å². The Morgan fingerprint density at radius 1 is 1.47 bits per heavy atom. The standard InChI is InChI=1S/C14H18N2O3/c1-9(2)10-3-4-11-12(7-10)16(8-14(18)19)6-5-13(17)15-11/h3-4,7,9H,5-6,8H2,1-2H3,(H,15,17)(H,18,19). The largest absolute Gasteiger partial charge is 0.480 e. The summed E-state index contributed by atoms with van der Waals surface area (Å²) >= 11 is 0. The molecule has 0 atom stereocenters. The van der Waals surface area contributed by atoms with E-state index in [1.807, 2.05) is 18.2 Å². The van der Waals surface area contributed by atoms with Crippen LogP contribution in [0.4, 0.5) is 11.4 Å². The molecule has 2 rings (SSSR count). The van der Waals surface area contributed by atoms with E-state index in [9.17, 15) is 9.59 Å². The molecule has 1 heterocycles. The summed E-state index contributed by atoms with van der Waals surface area (Å²) in [6.45, 7) is 4.49. The van der Waals surface area contributed by atoms with E-state index in [1.54, 1.807) is 4.90 Å². The highest BCUT2D eigenvalue weighted by Crippen LogP contribution is 2.32. The average Bonchev–Trinajstić information content (AvgIpc) is 2.48. The predicted octanol–water partition coefficient (Wildman–Crippen LogP) is 2.04. The van der Waals surface area contributed by atoms with E-state index >= 15 is 0 Å². The molecule has 2 N–H and O–H groups in total. The summed E-state index contributed by atoms with van der Waals surface area (Å²) in [5.74, 6) is -0.613. The number of benzene rings is 1. The Kier molecular flexibility index (Phi) is 3.74. The Hall–Kier alpha value is -2.04. The summed E-state index contributed by atoms with van der Waals surface area (Å²) in [5, 5.41) is 11.8. The Morgan fingerprint density at radius 2 is 2.21 bits per heavy atom. The maximum Gasteiger partial charge on any atom is 0.323 e. The van der Waals surface area contributed by atoms with Crippen molar-refractivity contribution in [2.75, 3.05) is 23.3 Å². The zero-order valence-electron chi connectivity index (χ0n) is 11.1. The first-order valence-corrected chi connectivity index (χ1v) is 6.38. The molecule has 0 spiro atoms. The lowest BCUT2D eigenvalue weighted by atomic mass is 10.0. The molecule has 1 aromatic rings. The van der Waals surface area contributed by atoms with Crippen LogP contribution in [0.2, 0.25) is 0 Å². The quantitative estimate of drug-likeness (QED) is 0.874. The van der Waals surface area contributed by atoms with Crippen molar-refractivity contribution in [1.29, 1.82) is 0 Å². The number of nitrogens with zero attached hydrogens (tertiary/aromatic N) is 1. The van der Waals surface area contributed by atoms with Crippen molar-refractivity contribution >= 4 is 23.3 Å². The van der Waals surface area contributed by atoms with E-state index < -0.39 is 5.97 Å². The predicted molar refractivity (Wildman–Crippen MR) is 73.6 cm³/mol. The third-order valence-corrected chi connectivity index (χ3v) is 3.24. The van der Waals surface area contributed by atoms with Gasteiger partial charge in [-0.3, -0.25) is 9.59 Å². The molecular formula is C14H18N2O3. The van der Waals surface area contributed by atoms with Gasteiger partial charge in [0.05, 0.1) is 11.4 Å². The van der Waals surface area contributed by atoms with Crippen molar-refractivity contribution in [2.24, 2.45) is 0 Å². The molecule has 1 aromatic carbocycles. The second kappa shape index (κ2) is 5.30. The number of hydrogen-bond acceptors (Lipinski definition) is 3. The maximum atomic E-state index is 11.6. The first kappa shape index (κ1) is 13.4. The number of aliphatic carboxylic acids is 1. The van der Waals surface area contributed by atoms with E-state index in [0.29, 0.717) is 24.6 Å². The van der Waals surface area contributed by atoms with Gasteiger partial charge in [0.15, 0.2) is 0 Å². The molecule has 102 valence electrons. The second-order valence-corrected chi connectivity index (χ2v) is 5.04. The fourth-order valence-corrected chi connectivity index (χ4v) is 2.17. The molecule has 0 aromatic heterocycles. The van der Waals surface area contributed by atoms with Crippen LogP contribution in [0.25, 0.3) is 0 Å². The lowest BCUT2D eigenvalue weighted by Gasteiger charge is -2.23. The number of nitrogens with one attached hydrogen (secondary N) is 1. The smallest absolute Gasteiger partial charge is 0.323 e. The van der Waals surface area contributed by atoms with Crippen LogP contribution in [-0.2, 0) is 9.59 Å². The summed E-state index contributed by atoms with van der Waals surface area (Å²) in [7, 11) is 0. The monoisotopic (exact) mass is 262 g/mol. The van der Waals surface area contributed by atoms with E-state index in [2.05, 4.69) is 19.2 Å². The number of amides is 1. The number of rotatable bonds is 3. The number of carbonyl (C=O) groups excluding carboxylic acids is 1. The van der Waals surface area contributed by atoms with Crippen LogP contribution in [0.5, 0.6) is 0 Å². The molecule has 0 saturated carbocycles. The number of carbonyl (C=O) groups is 2. The Morgan fingerprint density at radius 3 is 2.84 bits per heavy atom. The van der Waals surface area contributed by atoms with Gasteiger partial charge in [0.2, 0.25) is 5.91 Å². The van der Waals surface area contributed by atoms with Crippen molar-refractivity contribution in [2.45, 2.75) is 26.2 Å². The van der Waals surface area contributed by atoms with E-state index in [1.165, 1.54) is 0 Å². The van der Waals surface area contributed by atoms with Gasteiger partial charge in [-0.2, -0.15) is 0 Å². The summed E-state index contributed by atoms with van der Waals surface area (Å²) in [4.78, 5) is 24.3. The lowest BCUT2D eigenvalue weighted by molar-refractivity contribution is -0.135. The van der Waals surface area contributed by atoms with Gasteiger partial charge in [0.25, 0.3) is 0 Å². The molecule has 0 radical (unpaired) electrons. The first-order valence-electron chi connectivity index (χ1n) is 6.38. The van der Waals surface area contributed by atoms with Crippen LogP contribution in [0.1, 0.15) is 31.7 Å². The third kappa shape index (κ3) is 3.05. The van der Waals surface area contributed by atoms with E-state index in [0.717, 1.165) is 11.3 Å². The van der Waals surface area contributed by atoms with Gasteiger partial charge in [-0.05, 0) is 23.6 Å². The van der Waals surface area contributed by atoms with Gasteiger partial charge in [-0.1, -0.05) is 19.9 Å². The van der Waals surface area contributed by atoms with Crippen LogP contribution < -0.4 is 10.2 Å². The van der Waals surface area contributed by atoms with Gasteiger partial charge in [-0.15, -0.1) is 0 Å². The Labute approximate surface area is 112 Å². The fourth-order valence-electron chi connectivity index (χ4n) is 2.17. The Bertz CT molecular complexity index is 511. The molecule has 19 heavy (non-hydrogen) atoms. The average molecular weight is 262 g/mol. The van der Waals surface area contributed by atoms with Gasteiger partial charge < -0.3 is 15.3 Å². The first-order chi connectivity index (χ1) is 8.97. The summed E-state index contributed by atoms with van der Waals surface area (Å²) < 4.78 is 0. The number of hydrogen-bond donors (Lipinski definition) is 2. The normalized spacial score (nSPS) is 14.9. The van der Waals surface area contributed by atoms with Crippen LogP contribution in [0, 0.1) is 0 Å². The van der Waals surface area contributed by atoms with E-state index in [-0.39, 0.29) is 12.5 Å². The van der Waals surface area contributed by atoms with Crippen LogP contribution >= 0.6 is 0 Å². The molecule has 1 aliphatic rings. The van der Waals surface area contributed by atoms with E-state index in [4.69, 9.17) is 5.11 Å². The molecule has 0 fully saturated rings. The highest BCUT2D eigenvalue weighted by atomic mass is 16.4. The summed E-state index contributed by atoms with van der Waals surface area (Å²) in [5.41, 5.74) is 2.61. The minimum Gasteiger partial charge on any atom is -0.480 e. The van der Waals surface area contributed by atoms with Crippen molar-refractivity contribution < 1.29 is 14.7 Å². The fraction of sp³-hybridized carbons (Fsp3) is 0.429. The van der Waals surface area contributed by atoms with Gasteiger partial charge in [-0.25, -0.2) is 0 Å². The van der Waals surface area contributed by atoms with Crippen molar-refractivity contribution in [3.8, 4) is 0 Å². The molecule has 0 unspecified atom stereocenters. The summed E-state index contributed by atoms with van der Waals surface area (Å²) in [6.07, 6.45) is 0.305. The number of fused-ring (bicyclic) bond motifs is 1. The van der Waals surface area contributed by atoms with Crippen molar-refractivity contribution in [3.05, 3.63) is 23.8 Å².